The van der Waals surface area contributed by atoms with Gasteiger partial charge in [0, 0.05) is 12.0 Å². The largest absolute Gasteiger partial charge is 0.294 e. The van der Waals surface area contributed by atoms with Gasteiger partial charge in [-0.15, -0.1) is 0 Å². The van der Waals surface area contributed by atoms with Crippen LogP contribution in [0, 0.1) is 5.92 Å². The first kappa shape index (κ1) is 24.1. The quantitative estimate of drug-likeness (QED) is 0.164. The van der Waals surface area contributed by atoms with Crippen molar-refractivity contribution < 1.29 is 4.79 Å². The second-order valence-corrected chi connectivity index (χ2v) is 8.67. The summed E-state index contributed by atoms with van der Waals surface area (Å²) in [7, 11) is 0. The van der Waals surface area contributed by atoms with Gasteiger partial charge in [-0.2, -0.15) is 0 Å². The third-order valence-electron chi connectivity index (χ3n) is 6.19. The molecule has 0 aliphatic rings. The molecule has 0 heterocycles. The Bertz CT molecular complexity index is 829. The predicted octanol–water partition coefficient (Wildman–Crippen LogP) is 9.08. The monoisotopic (exact) mass is 404 g/mol. The third kappa shape index (κ3) is 7.59. The minimum absolute atomic E-state index is 0.208. The Balaban J connectivity index is 2.05. The number of hydrogen-bond acceptors (Lipinski definition) is 1. The van der Waals surface area contributed by atoms with Crippen LogP contribution >= 0.6 is 0 Å². The summed E-state index contributed by atoms with van der Waals surface area (Å²) in [5, 5.41) is 2.30. The molecule has 1 unspecified atom stereocenters. The molecule has 0 spiro atoms. The summed E-state index contributed by atoms with van der Waals surface area (Å²) in [6, 6.07) is 14.3. The highest BCUT2D eigenvalue weighted by atomic mass is 16.1. The Kier molecular flexibility index (Phi) is 10.6. The molecule has 0 fully saturated rings. The van der Waals surface area contributed by atoms with Gasteiger partial charge in [-0.05, 0) is 47.6 Å². The first-order valence-electron chi connectivity index (χ1n) is 12.0. The van der Waals surface area contributed by atoms with E-state index >= 15 is 0 Å². The van der Waals surface area contributed by atoms with E-state index in [1.165, 1.54) is 50.3 Å². The molecule has 30 heavy (non-hydrogen) atoms. The molecule has 1 atom stereocenters. The van der Waals surface area contributed by atoms with Crippen molar-refractivity contribution >= 4 is 16.6 Å². The zero-order valence-corrected chi connectivity index (χ0v) is 19.2. The van der Waals surface area contributed by atoms with Gasteiger partial charge in [-0.25, -0.2) is 0 Å². The number of carbonyl (C=O) groups excluding carboxylic acids is 1. The Morgan fingerprint density at radius 1 is 0.833 bits per heavy atom. The lowest BCUT2D eigenvalue weighted by atomic mass is 9.83. The number of ketones is 1. The molecule has 2 aromatic carbocycles. The minimum atomic E-state index is 0.208. The van der Waals surface area contributed by atoms with Gasteiger partial charge in [0.15, 0.2) is 5.78 Å². The molecule has 0 aliphatic carbocycles. The van der Waals surface area contributed by atoms with Crippen LogP contribution < -0.4 is 0 Å². The second-order valence-electron chi connectivity index (χ2n) is 8.67. The predicted molar refractivity (Wildman–Crippen MR) is 132 cm³/mol. The van der Waals surface area contributed by atoms with Gasteiger partial charge in [0.05, 0.1) is 0 Å². The first-order chi connectivity index (χ1) is 14.6. The van der Waals surface area contributed by atoms with E-state index in [2.05, 4.69) is 45.2 Å². The molecule has 0 radical (unpaired) electrons. The highest BCUT2D eigenvalue weighted by molar-refractivity contribution is 6.00. The number of fused-ring (bicyclic) bond motifs is 1. The lowest BCUT2D eigenvalue weighted by molar-refractivity contribution is 0.0965. The van der Waals surface area contributed by atoms with Crippen LogP contribution in [0.4, 0.5) is 0 Å². The first-order valence-corrected chi connectivity index (χ1v) is 12.0. The van der Waals surface area contributed by atoms with Gasteiger partial charge >= 0.3 is 0 Å². The number of allylic oxidation sites excluding steroid dienone is 2. The minimum Gasteiger partial charge on any atom is -0.294 e. The SMILES string of the molecule is C=C(CCCCCC)C(=C)C(CCCCCC)CC(=O)c1ccc2ccccc2c1. The van der Waals surface area contributed by atoms with E-state index < -0.39 is 0 Å². The molecule has 0 aliphatic heterocycles. The topological polar surface area (TPSA) is 17.1 Å². The molecule has 0 N–H and O–H groups in total. The molecule has 0 saturated carbocycles. The van der Waals surface area contributed by atoms with E-state index in [-0.39, 0.29) is 11.7 Å². The number of unbranched alkanes of at least 4 members (excludes halogenated alkanes) is 6. The summed E-state index contributed by atoms with van der Waals surface area (Å²) in [6.45, 7) is 13.2. The molecule has 0 bridgehead atoms. The summed E-state index contributed by atoms with van der Waals surface area (Å²) in [6.07, 6.45) is 12.4. The maximum Gasteiger partial charge on any atom is 0.163 e. The van der Waals surface area contributed by atoms with E-state index in [4.69, 9.17) is 0 Å². The Morgan fingerprint density at radius 3 is 2.20 bits per heavy atom. The zero-order chi connectivity index (χ0) is 21.8. The van der Waals surface area contributed by atoms with Crippen molar-refractivity contribution in [2.24, 2.45) is 5.92 Å². The maximum atomic E-state index is 13.1. The normalized spacial score (nSPS) is 12.1. The Hall–Kier alpha value is -2.15. The van der Waals surface area contributed by atoms with E-state index in [9.17, 15) is 4.79 Å². The van der Waals surface area contributed by atoms with Crippen LogP contribution in [0.5, 0.6) is 0 Å². The highest BCUT2D eigenvalue weighted by Gasteiger charge is 2.20. The van der Waals surface area contributed by atoms with Crippen LogP contribution in [0.15, 0.2) is 66.8 Å². The van der Waals surface area contributed by atoms with Crippen LogP contribution in [0.2, 0.25) is 0 Å². The van der Waals surface area contributed by atoms with Crippen LogP contribution in [0.1, 0.15) is 94.8 Å². The average molecular weight is 405 g/mol. The van der Waals surface area contributed by atoms with Crippen LogP contribution in [-0.2, 0) is 0 Å². The smallest absolute Gasteiger partial charge is 0.163 e. The second kappa shape index (κ2) is 13.2. The molecule has 2 aromatic rings. The molecule has 0 amide bonds. The summed E-state index contributed by atoms with van der Waals surface area (Å²) in [4.78, 5) is 13.1. The van der Waals surface area contributed by atoms with Crippen LogP contribution in [0.3, 0.4) is 0 Å². The fraction of sp³-hybridized carbons (Fsp3) is 0.483. The molecular weight excluding hydrogens is 364 g/mol. The van der Waals surface area contributed by atoms with E-state index in [0.29, 0.717) is 6.42 Å². The van der Waals surface area contributed by atoms with E-state index in [1.807, 2.05) is 24.3 Å². The number of carbonyl (C=O) groups is 1. The Labute approximate surface area is 184 Å². The molecule has 2 rings (SSSR count). The fourth-order valence-electron chi connectivity index (χ4n) is 4.14. The van der Waals surface area contributed by atoms with E-state index in [1.54, 1.807) is 0 Å². The van der Waals surface area contributed by atoms with Gasteiger partial charge in [0.2, 0.25) is 0 Å². The Morgan fingerprint density at radius 2 is 1.50 bits per heavy atom. The molecule has 1 nitrogen and oxygen atoms in total. The summed E-state index contributed by atoms with van der Waals surface area (Å²) < 4.78 is 0. The van der Waals surface area contributed by atoms with Gasteiger partial charge in [-0.1, -0.05) is 114 Å². The molecule has 1 heteroatoms. The standard InChI is InChI=1S/C29H40O/c1-5-7-9-11-15-23(3)24(4)26(17-12-10-8-6-2)22-29(30)28-20-19-25-16-13-14-18-27(25)21-28/h13-14,16,18-21,26H,3-12,15,17,22H2,1-2H3. The zero-order valence-electron chi connectivity index (χ0n) is 19.2. The van der Waals surface area contributed by atoms with Crippen molar-refractivity contribution in [3.8, 4) is 0 Å². The lowest BCUT2D eigenvalue weighted by Gasteiger charge is -2.21. The summed E-state index contributed by atoms with van der Waals surface area (Å²) in [5.41, 5.74) is 3.07. The summed E-state index contributed by atoms with van der Waals surface area (Å²) in [5.74, 6) is 0.431. The van der Waals surface area contributed by atoms with Gasteiger partial charge < -0.3 is 0 Å². The average Bonchev–Trinajstić information content (AvgIpc) is 2.77. The van der Waals surface area contributed by atoms with Crippen molar-refractivity contribution in [2.75, 3.05) is 0 Å². The molecular formula is C29H40O. The molecule has 0 saturated heterocycles. The summed E-state index contributed by atoms with van der Waals surface area (Å²) >= 11 is 0. The van der Waals surface area contributed by atoms with Gasteiger partial charge in [0.25, 0.3) is 0 Å². The van der Waals surface area contributed by atoms with Crippen molar-refractivity contribution in [1.82, 2.24) is 0 Å². The fourth-order valence-corrected chi connectivity index (χ4v) is 4.14. The third-order valence-corrected chi connectivity index (χ3v) is 6.19. The van der Waals surface area contributed by atoms with Crippen molar-refractivity contribution in [3.63, 3.8) is 0 Å². The van der Waals surface area contributed by atoms with Crippen LogP contribution in [-0.4, -0.2) is 5.78 Å². The number of hydrogen-bond donors (Lipinski definition) is 0. The van der Waals surface area contributed by atoms with E-state index in [0.717, 1.165) is 41.4 Å². The van der Waals surface area contributed by atoms with Gasteiger partial charge in [-0.3, -0.25) is 4.79 Å². The van der Waals surface area contributed by atoms with Crippen LogP contribution in [0.25, 0.3) is 10.8 Å². The highest BCUT2D eigenvalue weighted by Crippen LogP contribution is 2.30. The molecule has 162 valence electrons. The van der Waals surface area contributed by atoms with Crippen molar-refractivity contribution in [1.29, 1.82) is 0 Å². The van der Waals surface area contributed by atoms with Gasteiger partial charge in [0.1, 0.15) is 0 Å². The number of benzene rings is 2. The van der Waals surface area contributed by atoms with Crippen molar-refractivity contribution in [2.45, 2.75) is 84.5 Å². The molecule has 0 aromatic heterocycles. The number of Topliss-reactive ketones (excluding diaryl/α,β-unsaturated/α-hetero) is 1. The van der Waals surface area contributed by atoms with Crippen molar-refractivity contribution in [3.05, 3.63) is 72.3 Å². The number of rotatable bonds is 15. The maximum absolute atomic E-state index is 13.1. The lowest BCUT2D eigenvalue weighted by Crippen LogP contribution is -2.12.